The Morgan fingerprint density at radius 1 is 1.59 bits per heavy atom. The summed E-state index contributed by atoms with van der Waals surface area (Å²) >= 11 is 1.43. The minimum Gasteiger partial charge on any atom is -0.380 e. The highest BCUT2D eigenvalue weighted by Crippen LogP contribution is 2.12. The molecule has 1 unspecified atom stereocenters. The minimum absolute atomic E-state index is 0.00171. The van der Waals surface area contributed by atoms with E-state index < -0.39 is 0 Å². The summed E-state index contributed by atoms with van der Waals surface area (Å²) < 4.78 is 5.38. The summed E-state index contributed by atoms with van der Waals surface area (Å²) in [7, 11) is 0. The maximum absolute atomic E-state index is 12.0. The zero-order valence-corrected chi connectivity index (χ0v) is 10.7. The van der Waals surface area contributed by atoms with Gasteiger partial charge in [0.05, 0.1) is 12.6 Å². The number of hydrogen-bond donors (Lipinski definition) is 1. The first-order valence-corrected chi connectivity index (χ1v) is 6.67. The highest BCUT2D eigenvalue weighted by Gasteiger charge is 2.22. The third-order valence-corrected chi connectivity index (χ3v) is 3.53. The Morgan fingerprint density at radius 3 is 3.24 bits per heavy atom. The van der Waals surface area contributed by atoms with Crippen molar-refractivity contribution in [1.82, 2.24) is 9.88 Å². The van der Waals surface area contributed by atoms with Crippen molar-refractivity contribution in [3.63, 3.8) is 0 Å². The molecule has 94 valence electrons. The van der Waals surface area contributed by atoms with Crippen LogP contribution in [0.3, 0.4) is 0 Å². The van der Waals surface area contributed by atoms with Gasteiger partial charge in [0.15, 0.2) is 5.13 Å². The van der Waals surface area contributed by atoms with Crippen LogP contribution >= 0.6 is 11.3 Å². The predicted octanol–water partition coefficient (Wildman–Crippen LogP) is 1.19. The molecule has 1 aliphatic rings. The Balaban J connectivity index is 1.89. The van der Waals surface area contributed by atoms with Gasteiger partial charge in [-0.3, -0.25) is 9.69 Å². The fourth-order valence-corrected chi connectivity index (χ4v) is 2.35. The van der Waals surface area contributed by atoms with Gasteiger partial charge < -0.3 is 10.1 Å². The van der Waals surface area contributed by atoms with Crippen LogP contribution in [-0.2, 0) is 9.53 Å². The van der Waals surface area contributed by atoms with Crippen LogP contribution < -0.4 is 5.32 Å². The summed E-state index contributed by atoms with van der Waals surface area (Å²) in [5, 5.41) is 5.33. The molecule has 0 spiro atoms. The lowest BCUT2D eigenvalue weighted by molar-refractivity contribution is -0.120. The summed E-state index contributed by atoms with van der Waals surface area (Å²) in [4.78, 5) is 18.2. The van der Waals surface area contributed by atoms with Crippen LogP contribution in [0.15, 0.2) is 11.6 Å². The van der Waals surface area contributed by atoms with Crippen molar-refractivity contribution >= 4 is 22.4 Å². The Labute approximate surface area is 105 Å². The molecule has 0 aromatic carbocycles. The van der Waals surface area contributed by atoms with E-state index in [-0.39, 0.29) is 11.9 Å². The highest BCUT2D eigenvalue weighted by molar-refractivity contribution is 7.13. The monoisotopic (exact) mass is 255 g/mol. The smallest absolute Gasteiger partial charge is 0.243 e. The first-order valence-electron chi connectivity index (χ1n) is 5.79. The van der Waals surface area contributed by atoms with E-state index in [4.69, 9.17) is 4.74 Å². The quantitative estimate of drug-likeness (QED) is 0.881. The molecular formula is C11H17N3O2S. The third-order valence-electron chi connectivity index (χ3n) is 2.85. The standard InChI is InChI=1S/C11H17N3O2S/c1-9(14-4-2-6-16-7-5-14)10(15)13-11-12-3-8-17-11/h3,8-9H,2,4-7H2,1H3,(H,12,13,15). The topological polar surface area (TPSA) is 54.5 Å². The molecule has 1 aromatic rings. The van der Waals surface area contributed by atoms with Gasteiger partial charge in [-0.25, -0.2) is 4.98 Å². The molecule has 2 heterocycles. The van der Waals surface area contributed by atoms with Gasteiger partial charge in [0.25, 0.3) is 0 Å². The van der Waals surface area contributed by atoms with Crippen LogP contribution in [0, 0.1) is 0 Å². The summed E-state index contributed by atoms with van der Waals surface area (Å²) in [6.07, 6.45) is 2.67. The molecule has 2 rings (SSSR count). The average Bonchev–Trinajstić information content (AvgIpc) is 2.68. The number of thiazole rings is 1. The lowest BCUT2D eigenvalue weighted by atomic mass is 10.2. The summed E-state index contributed by atoms with van der Waals surface area (Å²) in [6.45, 7) is 5.14. The van der Waals surface area contributed by atoms with Crippen molar-refractivity contribution in [2.75, 3.05) is 31.6 Å². The van der Waals surface area contributed by atoms with Gasteiger partial charge >= 0.3 is 0 Å². The van der Waals surface area contributed by atoms with E-state index in [1.165, 1.54) is 11.3 Å². The molecule has 5 nitrogen and oxygen atoms in total. The van der Waals surface area contributed by atoms with Gasteiger partial charge in [0, 0.05) is 31.3 Å². The number of anilines is 1. The van der Waals surface area contributed by atoms with Gasteiger partial charge in [-0.1, -0.05) is 0 Å². The normalized spacial score (nSPS) is 19.6. The van der Waals surface area contributed by atoms with E-state index in [0.29, 0.717) is 11.7 Å². The van der Waals surface area contributed by atoms with E-state index in [9.17, 15) is 4.79 Å². The summed E-state index contributed by atoms with van der Waals surface area (Å²) in [5.74, 6) is 0.00171. The Hall–Kier alpha value is -0.980. The first kappa shape index (κ1) is 12.5. The Kier molecular flexibility index (Phi) is 4.47. The maximum Gasteiger partial charge on any atom is 0.243 e. The summed E-state index contributed by atoms with van der Waals surface area (Å²) in [6, 6.07) is -0.138. The number of nitrogens with one attached hydrogen (secondary N) is 1. The predicted molar refractivity (Wildman–Crippen MR) is 67.2 cm³/mol. The molecule has 0 saturated carbocycles. The molecule has 6 heteroatoms. The van der Waals surface area contributed by atoms with Crippen LogP contribution in [-0.4, -0.2) is 48.1 Å². The van der Waals surface area contributed by atoms with Gasteiger partial charge in [0.1, 0.15) is 0 Å². The lowest BCUT2D eigenvalue weighted by Gasteiger charge is -2.25. The van der Waals surface area contributed by atoms with E-state index in [1.807, 2.05) is 12.3 Å². The fourth-order valence-electron chi connectivity index (χ4n) is 1.81. The van der Waals surface area contributed by atoms with Crippen LogP contribution in [0.1, 0.15) is 13.3 Å². The molecule has 0 bridgehead atoms. The molecule has 1 saturated heterocycles. The fraction of sp³-hybridized carbons (Fsp3) is 0.636. The average molecular weight is 255 g/mol. The largest absolute Gasteiger partial charge is 0.380 e. The number of ether oxygens (including phenoxy) is 1. The van der Waals surface area contributed by atoms with E-state index in [0.717, 1.165) is 26.1 Å². The van der Waals surface area contributed by atoms with Crippen LogP contribution in [0.5, 0.6) is 0 Å². The molecule has 1 fully saturated rings. The van der Waals surface area contributed by atoms with Crippen LogP contribution in [0.4, 0.5) is 5.13 Å². The number of amides is 1. The minimum atomic E-state index is -0.138. The molecule has 1 aromatic heterocycles. The van der Waals surface area contributed by atoms with E-state index in [1.54, 1.807) is 6.20 Å². The second-order valence-corrected chi connectivity index (χ2v) is 4.90. The van der Waals surface area contributed by atoms with Crippen molar-refractivity contribution in [2.45, 2.75) is 19.4 Å². The van der Waals surface area contributed by atoms with Crippen molar-refractivity contribution in [1.29, 1.82) is 0 Å². The van der Waals surface area contributed by atoms with Gasteiger partial charge in [-0.05, 0) is 13.3 Å². The second kappa shape index (κ2) is 6.09. The van der Waals surface area contributed by atoms with Gasteiger partial charge in [0.2, 0.25) is 5.91 Å². The Morgan fingerprint density at radius 2 is 2.47 bits per heavy atom. The maximum atomic E-state index is 12.0. The number of hydrogen-bond acceptors (Lipinski definition) is 5. The number of aromatic nitrogens is 1. The third kappa shape index (κ3) is 3.49. The summed E-state index contributed by atoms with van der Waals surface area (Å²) in [5.41, 5.74) is 0. The molecule has 0 aliphatic carbocycles. The first-order chi connectivity index (χ1) is 8.27. The van der Waals surface area contributed by atoms with Crippen molar-refractivity contribution < 1.29 is 9.53 Å². The molecule has 1 atom stereocenters. The molecule has 1 amide bonds. The number of carbonyl (C=O) groups excluding carboxylic acids is 1. The molecular weight excluding hydrogens is 238 g/mol. The van der Waals surface area contributed by atoms with E-state index >= 15 is 0 Å². The van der Waals surface area contributed by atoms with Crippen LogP contribution in [0.2, 0.25) is 0 Å². The van der Waals surface area contributed by atoms with Gasteiger partial charge in [-0.15, -0.1) is 11.3 Å². The lowest BCUT2D eigenvalue weighted by Crippen LogP contribution is -2.43. The van der Waals surface area contributed by atoms with Crippen molar-refractivity contribution in [2.24, 2.45) is 0 Å². The number of rotatable bonds is 3. The van der Waals surface area contributed by atoms with Crippen molar-refractivity contribution in [3.8, 4) is 0 Å². The van der Waals surface area contributed by atoms with Gasteiger partial charge in [-0.2, -0.15) is 0 Å². The SMILES string of the molecule is CC(C(=O)Nc1nccs1)N1CCCOCC1. The van der Waals surface area contributed by atoms with Crippen LogP contribution in [0.25, 0.3) is 0 Å². The van der Waals surface area contributed by atoms with E-state index in [2.05, 4.69) is 15.2 Å². The molecule has 1 aliphatic heterocycles. The zero-order chi connectivity index (χ0) is 12.1. The van der Waals surface area contributed by atoms with Crippen molar-refractivity contribution in [3.05, 3.63) is 11.6 Å². The molecule has 17 heavy (non-hydrogen) atoms. The molecule has 0 radical (unpaired) electrons. The Bertz CT molecular complexity index is 348. The number of nitrogens with zero attached hydrogens (tertiary/aromatic N) is 2. The highest BCUT2D eigenvalue weighted by atomic mass is 32.1. The number of carbonyl (C=O) groups is 1. The zero-order valence-electron chi connectivity index (χ0n) is 9.89. The molecule has 1 N–H and O–H groups in total. The second-order valence-electron chi connectivity index (χ2n) is 4.00.